The summed E-state index contributed by atoms with van der Waals surface area (Å²) in [6.45, 7) is 6.10. The Bertz CT molecular complexity index is 1240. The topological polar surface area (TPSA) is 59.4 Å². The molecule has 0 spiro atoms. The molecular formula is C28H33F3N4O2. The molecule has 37 heavy (non-hydrogen) atoms. The highest BCUT2D eigenvalue weighted by Gasteiger charge is 2.31. The van der Waals surface area contributed by atoms with Crippen molar-refractivity contribution in [2.45, 2.75) is 64.8 Å². The van der Waals surface area contributed by atoms with Crippen LogP contribution >= 0.6 is 0 Å². The second-order valence-electron chi connectivity index (χ2n) is 10.6. The number of fused-ring (bicyclic) bond motifs is 1. The van der Waals surface area contributed by atoms with Gasteiger partial charge in [0.05, 0.1) is 11.0 Å². The predicted octanol–water partition coefficient (Wildman–Crippen LogP) is 7.30. The van der Waals surface area contributed by atoms with Gasteiger partial charge in [-0.15, -0.1) is 13.2 Å². The van der Waals surface area contributed by atoms with E-state index in [4.69, 9.17) is 4.98 Å². The molecule has 2 atom stereocenters. The van der Waals surface area contributed by atoms with Crippen molar-refractivity contribution in [3.05, 3.63) is 48.0 Å². The molecule has 1 N–H and O–H groups in total. The minimum atomic E-state index is -4.74. The number of hydrogen-bond donors (Lipinski definition) is 1. The number of carbonyl (C=O) groups is 1. The number of alkyl halides is 3. The summed E-state index contributed by atoms with van der Waals surface area (Å²) in [5.74, 6) is 1.50. The number of piperidine rings is 1. The molecule has 9 heteroatoms. The lowest BCUT2D eigenvalue weighted by atomic mass is 9.80. The molecule has 2 unspecified atom stereocenters. The van der Waals surface area contributed by atoms with E-state index >= 15 is 0 Å². The van der Waals surface area contributed by atoms with Crippen molar-refractivity contribution in [1.82, 2.24) is 14.5 Å². The summed E-state index contributed by atoms with van der Waals surface area (Å²) >= 11 is 0. The number of likely N-dealkylation sites (tertiary alicyclic amines) is 1. The van der Waals surface area contributed by atoms with E-state index in [1.807, 2.05) is 23.1 Å². The standard InChI is InChI=1S/C28H33F3N4O2/c1-18-14-19(2)16-22(15-18)35-25-17-20(26(36)34-12-4-3-5-13-34)6-11-24(25)33-27(35)32-21-7-9-23(10-8-21)37-28(29,30)31/h6-11,17-19,22H,3-5,12-16H2,1-2H3,(H,32,33). The largest absolute Gasteiger partial charge is 0.573 e. The van der Waals surface area contributed by atoms with E-state index in [1.54, 1.807) is 12.1 Å². The van der Waals surface area contributed by atoms with Crippen LogP contribution in [0.25, 0.3) is 11.0 Å². The highest BCUT2D eigenvalue weighted by molar-refractivity contribution is 5.98. The Morgan fingerprint density at radius 1 is 0.973 bits per heavy atom. The number of imidazole rings is 1. The first-order chi connectivity index (χ1) is 17.7. The fourth-order valence-corrected chi connectivity index (χ4v) is 5.95. The predicted molar refractivity (Wildman–Crippen MR) is 137 cm³/mol. The molecule has 0 bridgehead atoms. The Labute approximate surface area is 214 Å². The molecular weight excluding hydrogens is 481 g/mol. The van der Waals surface area contributed by atoms with Gasteiger partial charge in [-0.25, -0.2) is 4.98 Å². The first kappa shape index (κ1) is 25.4. The summed E-state index contributed by atoms with van der Waals surface area (Å²) in [4.78, 5) is 20.0. The minimum absolute atomic E-state index is 0.0505. The van der Waals surface area contributed by atoms with Crippen molar-refractivity contribution in [1.29, 1.82) is 0 Å². The molecule has 2 fully saturated rings. The molecule has 5 rings (SSSR count). The lowest BCUT2D eigenvalue weighted by Crippen LogP contribution is -2.35. The number of ether oxygens (including phenoxy) is 1. The van der Waals surface area contributed by atoms with Gasteiger partial charge in [0.1, 0.15) is 5.75 Å². The normalized spacial score (nSPS) is 22.7. The maximum absolute atomic E-state index is 13.3. The summed E-state index contributed by atoms with van der Waals surface area (Å²) in [6.07, 6.45) is 1.65. The van der Waals surface area contributed by atoms with Crippen LogP contribution in [-0.4, -0.2) is 39.8 Å². The van der Waals surface area contributed by atoms with Crippen LogP contribution in [-0.2, 0) is 0 Å². The van der Waals surface area contributed by atoms with Gasteiger partial charge in [0.2, 0.25) is 5.95 Å². The van der Waals surface area contributed by atoms with Gasteiger partial charge < -0.3 is 19.5 Å². The number of halogens is 3. The SMILES string of the molecule is CC1CC(C)CC(n2c(Nc3ccc(OC(F)(F)F)cc3)nc3ccc(C(=O)N4CCCCC4)cc32)C1. The number of carbonyl (C=O) groups excluding carboxylic acids is 1. The molecule has 1 aromatic heterocycles. The zero-order valence-electron chi connectivity index (χ0n) is 21.2. The van der Waals surface area contributed by atoms with E-state index in [1.165, 1.54) is 18.6 Å². The van der Waals surface area contributed by atoms with Crippen LogP contribution in [0.3, 0.4) is 0 Å². The average Bonchev–Trinajstić information content (AvgIpc) is 3.21. The van der Waals surface area contributed by atoms with Crippen molar-refractivity contribution >= 4 is 28.6 Å². The summed E-state index contributed by atoms with van der Waals surface area (Å²) < 4.78 is 43.9. The molecule has 1 aliphatic carbocycles. The van der Waals surface area contributed by atoms with Crippen LogP contribution in [0, 0.1) is 11.8 Å². The molecule has 1 amide bonds. The smallest absolute Gasteiger partial charge is 0.406 e. The fourth-order valence-electron chi connectivity index (χ4n) is 5.95. The van der Waals surface area contributed by atoms with Gasteiger partial charge >= 0.3 is 6.36 Å². The van der Waals surface area contributed by atoms with Crippen LogP contribution in [0.1, 0.15) is 68.8 Å². The molecule has 0 radical (unpaired) electrons. The van der Waals surface area contributed by atoms with E-state index in [0.29, 0.717) is 29.0 Å². The molecule has 2 aromatic carbocycles. The van der Waals surface area contributed by atoms with Crippen molar-refractivity contribution < 1.29 is 22.7 Å². The lowest BCUT2D eigenvalue weighted by Gasteiger charge is -2.33. The average molecular weight is 515 g/mol. The monoisotopic (exact) mass is 514 g/mol. The number of anilines is 2. The van der Waals surface area contributed by atoms with Crippen molar-refractivity contribution in [3.8, 4) is 5.75 Å². The first-order valence-electron chi connectivity index (χ1n) is 13.1. The third-order valence-corrected chi connectivity index (χ3v) is 7.44. The Hall–Kier alpha value is -3.23. The van der Waals surface area contributed by atoms with Gasteiger partial charge in [-0.05, 0) is 92.8 Å². The van der Waals surface area contributed by atoms with Gasteiger partial charge in [0.15, 0.2) is 0 Å². The van der Waals surface area contributed by atoms with E-state index in [-0.39, 0.29) is 17.7 Å². The second kappa shape index (κ2) is 10.3. The maximum Gasteiger partial charge on any atom is 0.573 e. The van der Waals surface area contributed by atoms with Crippen molar-refractivity contribution in [2.75, 3.05) is 18.4 Å². The summed E-state index contributed by atoms with van der Waals surface area (Å²) in [5.41, 5.74) is 2.94. The lowest BCUT2D eigenvalue weighted by molar-refractivity contribution is -0.274. The first-order valence-corrected chi connectivity index (χ1v) is 13.1. The number of nitrogens with zero attached hydrogens (tertiary/aromatic N) is 3. The number of amides is 1. The fraction of sp³-hybridized carbons (Fsp3) is 0.500. The molecule has 1 aliphatic heterocycles. The molecule has 2 heterocycles. The van der Waals surface area contributed by atoms with Crippen LogP contribution in [0.2, 0.25) is 0 Å². The van der Waals surface area contributed by atoms with Crippen LogP contribution in [0.4, 0.5) is 24.8 Å². The Balaban J connectivity index is 1.50. The highest BCUT2D eigenvalue weighted by Crippen LogP contribution is 2.40. The maximum atomic E-state index is 13.3. The molecule has 1 saturated carbocycles. The highest BCUT2D eigenvalue weighted by atomic mass is 19.4. The van der Waals surface area contributed by atoms with Crippen LogP contribution < -0.4 is 10.1 Å². The number of aromatic nitrogens is 2. The number of nitrogens with one attached hydrogen (secondary N) is 1. The van der Waals surface area contributed by atoms with Crippen LogP contribution in [0.5, 0.6) is 5.75 Å². The van der Waals surface area contributed by atoms with Gasteiger partial charge in [-0.3, -0.25) is 4.79 Å². The molecule has 1 saturated heterocycles. The summed E-state index contributed by atoms with van der Waals surface area (Å²) in [5, 5.41) is 3.31. The van der Waals surface area contributed by atoms with Gasteiger partial charge in [-0.2, -0.15) is 0 Å². The number of hydrogen-bond acceptors (Lipinski definition) is 4. The molecule has 6 nitrogen and oxygen atoms in total. The van der Waals surface area contributed by atoms with Crippen LogP contribution in [0.15, 0.2) is 42.5 Å². The van der Waals surface area contributed by atoms with E-state index < -0.39 is 6.36 Å². The molecule has 3 aromatic rings. The molecule has 198 valence electrons. The number of benzene rings is 2. The Morgan fingerprint density at radius 3 is 2.30 bits per heavy atom. The Morgan fingerprint density at radius 2 is 1.65 bits per heavy atom. The summed E-state index contributed by atoms with van der Waals surface area (Å²) in [7, 11) is 0. The number of rotatable bonds is 5. The van der Waals surface area contributed by atoms with E-state index in [2.05, 4.69) is 28.5 Å². The third-order valence-electron chi connectivity index (χ3n) is 7.44. The van der Waals surface area contributed by atoms with Gasteiger partial charge in [-0.1, -0.05) is 13.8 Å². The van der Waals surface area contributed by atoms with Gasteiger partial charge in [0, 0.05) is 30.4 Å². The quantitative estimate of drug-likeness (QED) is 0.388. The van der Waals surface area contributed by atoms with Gasteiger partial charge in [0.25, 0.3) is 5.91 Å². The third kappa shape index (κ3) is 5.86. The zero-order valence-corrected chi connectivity index (χ0v) is 21.2. The zero-order chi connectivity index (χ0) is 26.2. The Kier molecular flexibility index (Phi) is 7.05. The van der Waals surface area contributed by atoms with E-state index in [9.17, 15) is 18.0 Å². The molecule has 2 aliphatic rings. The van der Waals surface area contributed by atoms with Crippen molar-refractivity contribution in [3.63, 3.8) is 0 Å². The minimum Gasteiger partial charge on any atom is -0.406 e. The van der Waals surface area contributed by atoms with Crippen molar-refractivity contribution in [2.24, 2.45) is 11.8 Å². The van der Waals surface area contributed by atoms with E-state index in [0.717, 1.165) is 56.2 Å². The second-order valence-corrected chi connectivity index (χ2v) is 10.6. The summed E-state index contributed by atoms with van der Waals surface area (Å²) in [6, 6.07) is 11.5.